The molecule has 5 nitrogen and oxygen atoms in total. The molecule has 0 aliphatic heterocycles. The van der Waals surface area contributed by atoms with E-state index in [2.05, 4.69) is 21.9 Å². The molecular weight excluding hydrogens is 309 g/mol. The second-order valence-corrected chi connectivity index (χ2v) is 6.41. The molecule has 2 N–H and O–H groups in total. The summed E-state index contributed by atoms with van der Waals surface area (Å²) < 4.78 is 18.3. The second kappa shape index (κ2) is 7.29. The molecule has 0 bridgehead atoms. The first-order chi connectivity index (χ1) is 11.3. The fourth-order valence-corrected chi connectivity index (χ4v) is 2.15. The van der Waals surface area contributed by atoms with E-state index < -0.39 is 11.7 Å². The number of hydrogen-bond donors (Lipinski definition) is 2. The highest BCUT2D eigenvalue weighted by Gasteiger charge is 2.21. The van der Waals surface area contributed by atoms with Crippen LogP contribution in [0.3, 0.4) is 0 Å². The first-order valence-corrected chi connectivity index (χ1v) is 7.70. The van der Waals surface area contributed by atoms with E-state index in [1.165, 1.54) is 12.1 Å². The summed E-state index contributed by atoms with van der Waals surface area (Å²) >= 11 is 0. The van der Waals surface area contributed by atoms with Crippen LogP contribution in [0.5, 0.6) is 0 Å². The van der Waals surface area contributed by atoms with Gasteiger partial charge in [0.05, 0.1) is 17.9 Å². The van der Waals surface area contributed by atoms with E-state index in [0.717, 1.165) is 11.3 Å². The molecule has 0 aliphatic carbocycles. The molecule has 2 aromatic rings. The van der Waals surface area contributed by atoms with Crippen LogP contribution in [0.4, 0.5) is 9.18 Å². The zero-order valence-electron chi connectivity index (χ0n) is 14.1. The topological polar surface area (TPSA) is 67.0 Å². The Morgan fingerprint density at radius 2 is 2.08 bits per heavy atom. The van der Waals surface area contributed by atoms with E-state index in [0.29, 0.717) is 12.2 Å². The molecule has 1 aromatic carbocycles. The number of imidazole rings is 1. The van der Waals surface area contributed by atoms with Crippen molar-refractivity contribution in [2.45, 2.75) is 38.8 Å². The number of hydrogen-bond acceptors (Lipinski definition) is 3. The Balaban J connectivity index is 2.15. The average Bonchev–Trinajstić information content (AvgIpc) is 2.95. The van der Waals surface area contributed by atoms with Crippen molar-refractivity contribution < 1.29 is 13.9 Å². The first kappa shape index (κ1) is 17.7. The van der Waals surface area contributed by atoms with Gasteiger partial charge in [0, 0.05) is 0 Å². The third-order valence-electron chi connectivity index (χ3n) is 3.17. The monoisotopic (exact) mass is 331 g/mol. The van der Waals surface area contributed by atoms with E-state index in [-0.39, 0.29) is 11.9 Å². The smallest absolute Gasteiger partial charge is 0.408 e. The normalized spacial score (nSPS) is 12.5. The molecule has 0 saturated carbocycles. The summed E-state index contributed by atoms with van der Waals surface area (Å²) in [5.74, 6) is 0.287. The minimum absolute atomic E-state index is 0.297. The molecule has 1 atom stereocenters. The van der Waals surface area contributed by atoms with Gasteiger partial charge in [-0.1, -0.05) is 6.08 Å². The summed E-state index contributed by atoms with van der Waals surface area (Å²) in [5, 5.41) is 2.78. The number of nitrogens with zero attached hydrogens (tertiary/aromatic N) is 1. The first-order valence-electron chi connectivity index (χ1n) is 7.70. The number of halogens is 1. The van der Waals surface area contributed by atoms with Crippen molar-refractivity contribution >= 4 is 6.09 Å². The summed E-state index contributed by atoms with van der Waals surface area (Å²) in [6.07, 6.45) is 3.32. The number of rotatable bonds is 5. The minimum atomic E-state index is -0.578. The number of alkyl carbamates (subject to hydrolysis) is 1. The second-order valence-electron chi connectivity index (χ2n) is 6.41. The van der Waals surface area contributed by atoms with Crippen LogP contribution in [0.2, 0.25) is 0 Å². The number of ether oxygens (including phenoxy) is 1. The average molecular weight is 331 g/mol. The van der Waals surface area contributed by atoms with Gasteiger partial charge in [-0.05, 0) is 57.0 Å². The zero-order chi connectivity index (χ0) is 17.7. The van der Waals surface area contributed by atoms with Gasteiger partial charge < -0.3 is 15.0 Å². The van der Waals surface area contributed by atoms with Gasteiger partial charge in [0.25, 0.3) is 0 Å². The quantitative estimate of drug-likeness (QED) is 0.800. The van der Waals surface area contributed by atoms with Crippen LogP contribution in [0, 0.1) is 5.82 Å². The predicted octanol–water partition coefficient (Wildman–Crippen LogP) is 4.36. The van der Waals surface area contributed by atoms with E-state index in [4.69, 9.17) is 4.74 Å². The van der Waals surface area contributed by atoms with Gasteiger partial charge in [-0.2, -0.15) is 0 Å². The van der Waals surface area contributed by atoms with Crippen molar-refractivity contribution in [3.8, 4) is 11.3 Å². The molecule has 2 rings (SSSR count). The largest absolute Gasteiger partial charge is 0.444 e. The van der Waals surface area contributed by atoms with Gasteiger partial charge in [-0.25, -0.2) is 14.2 Å². The van der Waals surface area contributed by atoms with Crippen LogP contribution in [-0.4, -0.2) is 21.7 Å². The number of amides is 1. The molecule has 0 unspecified atom stereocenters. The molecule has 24 heavy (non-hydrogen) atoms. The third kappa shape index (κ3) is 4.94. The van der Waals surface area contributed by atoms with Crippen molar-refractivity contribution in [1.29, 1.82) is 0 Å². The Hall–Kier alpha value is -2.63. The molecule has 0 fully saturated rings. The van der Waals surface area contributed by atoms with Gasteiger partial charge in [0.15, 0.2) is 0 Å². The number of nitrogens with one attached hydrogen (secondary N) is 2. The lowest BCUT2D eigenvalue weighted by atomic mass is 10.1. The number of aromatic amines is 1. The molecular formula is C18H22FN3O2. The Bertz CT molecular complexity index is 702. The standard InChI is InChI=1S/C18H22FN3O2/c1-5-6-14(22-17(23)24-18(2,3)4)16-20-11-15(21-16)12-7-9-13(19)10-8-12/h5,7-11,14H,1,6H2,2-4H3,(H,20,21)(H,22,23)/t14-/m0/s1. The number of benzene rings is 1. The molecule has 0 saturated heterocycles. The molecule has 128 valence electrons. The molecule has 1 heterocycles. The summed E-state index contributed by atoms with van der Waals surface area (Å²) in [5.41, 5.74) is 0.973. The van der Waals surface area contributed by atoms with Gasteiger partial charge in [-0.3, -0.25) is 0 Å². The van der Waals surface area contributed by atoms with Crippen LogP contribution in [0.15, 0.2) is 43.1 Å². The lowest BCUT2D eigenvalue weighted by Gasteiger charge is -2.22. The van der Waals surface area contributed by atoms with E-state index in [9.17, 15) is 9.18 Å². The fraction of sp³-hybridized carbons (Fsp3) is 0.333. The lowest BCUT2D eigenvalue weighted by Crippen LogP contribution is -2.35. The highest BCUT2D eigenvalue weighted by Crippen LogP contribution is 2.21. The zero-order valence-corrected chi connectivity index (χ0v) is 14.1. The SMILES string of the molecule is C=CC[C@H](NC(=O)OC(C)(C)C)c1ncc(-c2ccc(F)cc2)[nH]1. The van der Waals surface area contributed by atoms with Crippen molar-refractivity contribution in [3.05, 3.63) is 54.8 Å². The van der Waals surface area contributed by atoms with Gasteiger partial charge in [0.2, 0.25) is 0 Å². The summed E-state index contributed by atoms with van der Waals surface area (Å²) in [4.78, 5) is 19.4. The van der Waals surface area contributed by atoms with Gasteiger partial charge >= 0.3 is 6.09 Å². The molecule has 0 aliphatic rings. The summed E-state index contributed by atoms with van der Waals surface area (Å²) in [7, 11) is 0. The van der Waals surface area contributed by atoms with E-state index in [1.807, 2.05) is 0 Å². The number of H-pyrrole nitrogens is 1. The van der Waals surface area contributed by atoms with Crippen molar-refractivity contribution in [1.82, 2.24) is 15.3 Å². The van der Waals surface area contributed by atoms with Crippen LogP contribution in [-0.2, 0) is 4.74 Å². The lowest BCUT2D eigenvalue weighted by molar-refractivity contribution is 0.0502. The molecule has 1 amide bonds. The van der Waals surface area contributed by atoms with E-state index in [1.54, 1.807) is 45.2 Å². The Morgan fingerprint density at radius 1 is 1.42 bits per heavy atom. The Morgan fingerprint density at radius 3 is 2.67 bits per heavy atom. The van der Waals surface area contributed by atoms with Crippen molar-refractivity contribution in [2.24, 2.45) is 0 Å². The molecule has 0 radical (unpaired) electrons. The molecule has 0 spiro atoms. The minimum Gasteiger partial charge on any atom is -0.444 e. The molecule has 6 heteroatoms. The van der Waals surface area contributed by atoms with Gasteiger partial charge in [-0.15, -0.1) is 6.58 Å². The maximum atomic E-state index is 13.0. The highest BCUT2D eigenvalue weighted by molar-refractivity contribution is 5.68. The van der Waals surface area contributed by atoms with Crippen molar-refractivity contribution in [3.63, 3.8) is 0 Å². The Kier molecular flexibility index (Phi) is 5.39. The van der Waals surface area contributed by atoms with Crippen LogP contribution >= 0.6 is 0 Å². The Labute approximate surface area is 141 Å². The van der Waals surface area contributed by atoms with Gasteiger partial charge in [0.1, 0.15) is 17.2 Å². The van der Waals surface area contributed by atoms with E-state index >= 15 is 0 Å². The summed E-state index contributed by atoms with van der Waals surface area (Å²) in [6.45, 7) is 9.11. The van der Waals surface area contributed by atoms with Crippen LogP contribution in [0.1, 0.15) is 39.1 Å². The molecule has 1 aromatic heterocycles. The number of carbonyl (C=O) groups excluding carboxylic acids is 1. The predicted molar refractivity (Wildman–Crippen MR) is 90.9 cm³/mol. The fourth-order valence-electron chi connectivity index (χ4n) is 2.15. The van der Waals surface area contributed by atoms with Crippen molar-refractivity contribution in [2.75, 3.05) is 0 Å². The maximum absolute atomic E-state index is 13.0. The number of aromatic nitrogens is 2. The van der Waals surface area contributed by atoms with Crippen LogP contribution in [0.25, 0.3) is 11.3 Å². The van der Waals surface area contributed by atoms with Crippen LogP contribution < -0.4 is 5.32 Å². The maximum Gasteiger partial charge on any atom is 0.408 e. The highest BCUT2D eigenvalue weighted by atomic mass is 19.1. The summed E-state index contributed by atoms with van der Waals surface area (Å²) in [6, 6.07) is 5.71. The third-order valence-corrected chi connectivity index (χ3v) is 3.17. The number of carbonyl (C=O) groups is 1.